The number of hydrogen-bond acceptors (Lipinski definition) is 6. The molecule has 1 aliphatic heterocycles. The summed E-state index contributed by atoms with van der Waals surface area (Å²) in [7, 11) is 1.57. The van der Waals surface area contributed by atoms with E-state index < -0.39 is 5.92 Å². The third kappa shape index (κ3) is 3.63. The third-order valence-electron chi connectivity index (χ3n) is 4.88. The largest absolute Gasteiger partial charge is 0.493 e. The van der Waals surface area contributed by atoms with E-state index in [1.54, 1.807) is 7.11 Å². The predicted molar refractivity (Wildman–Crippen MR) is 99.9 cm³/mol. The average molecular weight is 368 g/mol. The maximum absolute atomic E-state index is 12.6. The van der Waals surface area contributed by atoms with Gasteiger partial charge in [-0.1, -0.05) is 19.4 Å². The van der Waals surface area contributed by atoms with E-state index in [4.69, 9.17) is 19.9 Å². The number of carbonyl (C=O) groups is 1. The second-order valence-electron chi connectivity index (χ2n) is 6.65. The van der Waals surface area contributed by atoms with E-state index in [1.165, 1.54) is 0 Å². The van der Waals surface area contributed by atoms with Gasteiger partial charge >= 0.3 is 0 Å². The summed E-state index contributed by atoms with van der Waals surface area (Å²) in [5.74, 6) is 1.32. The zero-order valence-electron chi connectivity index (χ0n) is 15.7. The molecule has 1 atom stereocenters. The molecule has 1 aromatic rings. The number of carbonyl (C=O) groups excluding carboxylic acids is 1. The number of benzene rings is 1. The zero-order valence-corrected chi connectivity index (χ0v) is 15.7. The first kappa shape index (κ1) is 18.8. The van der Waals surface area contributed by atoms with Gasteiger partial charge in [0.1, 0.15) is 17.4 Å². The summed E-state index contributed by atoms with van der Waals surface area (Å²) in [6.07, 6.45) is 3.82. The molecule has 2 N–H and O–H groups in total. The van der Waals surface area contributed by atoms with Crippen molar-refractivity contribution >= 4 is 5.78 Å². The Labute approximate surface area is 159 Å². The summed E-state index contributed by atoms with van der Waals surface area (Å²) in [4.78, 5) is 12.6. The summed E-state index contributed by atoms with van der Waals surface area (Å²) in [5.41, 5.74) is 7.54. The number of nitrogens with two attached hydrogens (primary N) is 1. The van der Waals surface area contributed by atoms with Gasteiger partial charge in [-0.15, -0.1) is 0 Å². The topological polar surface area (TPSA) is 94.6 Å². The van der Waals surface area contributed by atoms with Gasteiger partial charge in [-0.2, -0.15) is 5.26 Å². The highest BCUT2D eigenvalue weighted by molar-refractivity contribution is 5.99. The van der Waals surface area contributed by atoms with Gasteiger partial charge in [0.05, 0.1) is 19.6 Å². The summed E-state index contributed by atoms with van der Waals surface area (Å²) < 4.78 is 16.9. The Morgan fingerprint density at radius 2 is 2.15 bits per heavy atom. The molecule has 1 heterocycles. The number of nitrogens with zero attached hydrogens (tertiary/aromatic N) is 1. The predicted octanol–water partition coefficient (Wildman–Crippen LogP) is 3.69. The van der Waals surface area contributed by atoms with Crippen LogP contribution in [0.1, 0.15) is 50.5 Å². The fourth-order valence-corrected chi connectivity index (χ4v) is 3.50. The Morgan fingerprint density at radius 1 is 1.33 bits per heavy atom. The van der Waals surface area contributed by atoms with Crippen molar-refractivity contribution in [1.29, 1.82) is 5.26 Å². The Balaban J connectivity index is 2.03. The number of unbranched alkanes of at least 4 members (excludes halogenated alkanes) is 1. The van der Waals surface area contributed by atoms with Gasteiger partial charge < -0.3 is 19.9 Å². The molecular weight excluding hydrogens is 344 g/mol. The van der Waals surface area contributed by atoms with Crippen LogP contribution >= 0.6 is 0 Å². The third-order valence-corrected chi connectivity index (χ3v) is 4.88. The number of ether oxygens (including phenoxy) is 3. The molecule has 1 aliphatic carbocycles. The van der Waals surface area contributed by atoms with Crippen LogP contribution in [-0.2, 0) is 9.53 Å². The first-order chi connectivity index (χ1) is 13.1. The van der Waals surface area contributed by atoms with E-state index in [-0.39, 0.29) is 17.2 Å². The molecule has 0 unspecified atom stereocenters. The van der Waals surface area contributed by atoms with E-state index in [2.05, 4.69) is 13.0 Å². The monoisotopic (exact) mass is 368 g/mol. The van der Waals surface area contributed by atoms with Crippen molar-refractivity contribution in [2.45, 2.75) is 44.9 Å². The maximum Gasteiger partial charge on any atom is 0.205 e. The Morgan fingerprint density at radius 3 is 2.85 bits per heavy atom. The minimum absolute atomic E-state index is 0.00346. The SMILES string of the molecule is CCCCOc1ccc([C@H]2C(C#N)=C(N)OC3=C2C(=O)CCC3)cc1OC. The number of rotatable bonds is 6. The van der Waals surface area contributed by atoms with Crippen LogP contribution in [0.25, 0.3) is 0 Å². The lowest BCUT2D eigenvalue weighted by atomic mass is 9.77. The van der Waals surface area contributed by atoms with E-state index in [1.807, 2.05) is 18.2 Å². The van der Waals surface area contributed by atoms with Gasteiger partial charge in [-0.3, -0.25) is 4.79 Å². The van der Waals surface area contributed by atoms with Gasteiger partial charge in [-0.25, -0.2) is 0 Å². The van der Waals surface area contributed by atoms with Crippen molar-refractivity contribution in [3.05, 3.63) is 46.6 Å². The molecule has 6 nitrogen and oxygen atoms in total. The molecule has 2 aliphatic rings. The highest BCUT2D eigenvalue weighted by Gasteiger charge is 2.38. The summed E-state index contributed by atoms with van der Waals surface area (Å²) >= 11 is 0. The fraction of sp³-hybridized carbons (Fsp3) is 0.429. The van der Waals surface area contributed by atoms with Gasteiger partial charge in [0.2, 0.25) is 5.88 Å². The van der Waals surface area contributed by atoms with Crippen LogP contribution in [0, 0.1) is 11.3 Å². The van der Waals surface area contributed by atoms with Crippen LogP contribution in [0.15, 0.2) is 41.0 Å². The molecule has 0 radical (unpaired) electrons. The number of nitriles is 1. The maximum atomic E-state index is 12.6. The summed E-state index contributed by atoms with van der Waals surface area (Å²) in [5, 5.41) is 9.64. The number of Topliss-reactive ketones (excluding diaryl/α,β-unsaturated/α-hetero) is 1. The lowest BCUT2D eigenvalue weighted by Crippen LogP contribution is -2.27. The van der Waals surface area contributed by atoms with Gasteiger partial charge in [-0.05, 0) is 30.5 Å². The van der Waals surface area contributed by atoms with Crippen molar-refractivity contribution in [2.24, 2.45) is 5.73 Å². The van der Waals surface area contributed by atoms with Crippen LogP contribution < -0.4 is 15.2 Å². The molecule has 0 spiro atoms. The van der Waals surface area contributed by atoms with Crippen LogP contribution in [0.4, 0.5) is 0 Å². The Bertz CT molecular complexity index is 848. The Kier molecular flexibility index (Phi) is 5.70. The fourth-order valence-electron chi connectivity index (χ4n) is 3.50. The lowest BCUT2D eigenvalue weighted by molar-refractivity contribution is -0.116. The van der Waals surface area contributed by atoms with Crippen LogP contribution in [0.3, 0.4) is 0 Å². The van der Waals surface area contributed by atoms with Gasteiger partial charge in [0.25, 0.3) is 0 Å². The molecule has 0 amide bonds. The molecule has 0 aromatic heterocycles. The van der Waals surface area contributed by atoms with Crippen LogP contribution in [0.2, 0.25) is 0 Å². The Hall–Kier alpha value is -2.94. The van der Waals surface area contributed by atoms with Gasteiger partial charge in [0, 0.05) is 18.4 Å². The van der Waals surface area contributed by atoms with Crippen molar-refractivity contribution in [3.63, 3.8) is 0 Å². The second kappa shape index (κ2) is 8.17. The summed E-state index contributed by atoms with van der Waals surface area (Å²) in [6.45, 7) is 2.70. The smallest absolute Gasteiger partial charge is 0.205 e. The quantitative estimate of drug-likeness (QED) is 0.770. The molecule has 142 valence electrons. The van der Waals surface area contributed by atoms with E-state index in [9.17, 15) is 10.1 Å². The second-order valence-corrected chi connectivity index (χ2v) is 6.65. The van der Waals surface area contributed by atoms with Crippen molar-refractivity contribution in [1.82, 2.24) is 0 Å². The standard InChI is InChI=1S/C21H24N2O4/c1-3-4-10-26-16-9-8-13(11-18(16)25-2)19-14(12-22)21(23)27-17-7-5-6-15(24)20(17)19/h8-9,11,19H,3-7,10,23H2,1-2H3/t19-/m0/s1. The number of allylic oxidation sites excluding steroid dienone is 3. The highest BCUT2D eigenvalue weighted by Crippen LogP contribution is 2.45. The molecule has 6 heteroatoms. The minimum atomic E-state index is -0.537. The number of methoxy groups -OCH3 is 1. The molecule has 0 saturated heterocycles. The first-order valence-electron chi connectivity index (χ1n) is 9.25. The number of hydrogen-bond donors (Lipinski definition) is 1. The van der Waals surface area contributed by atoms with E-state index >= 15 is 0 Å². The molecule has 1 aromatic carbocycles. The zero-order chi connectivity index (χ0) is 19.4. The lowest BCUT2D eigenvalue weighted by Gasteiger charge is -2.31. The first-order valence-corrected chi connectivity index (χ1v) is 9.25. The van der Waals surface area contributed by atoms with Crippen molar-refractivity contribution in [2.75, 3.05) is 13.7 Å². The van der Waals surface area contributed by atoms with Crippen molar-refractivity contribution in [3.8, 4) is 17.6 Å². The molecule has 3 rings (SSSR count). The van der Waals surface area contributed by atoms with E-state index in [0.29, 0.717) is 42.3 Å². The normalized spacial score (nSPS) is 19.3. The highest BCUT2D eigenvalue weighted by atomic mass is 16.5. The van der Waals surface area contributed by atoms with Crippen molar-refractivity contribution < 1.29 is 19.0 Å². The van der Waals surface area contributed by atoms with Gasteiger partial charge in [0.15, 0.2) is 17.3 Å². The molecule has 0 fully saturated rings. The van der Waals surface area contributed by atoms with Crippen LogP contribution in [-0.4, -0.2) is 19.5 Å². The molecule has 0 bridgehead atoms. The molecular formula is C21H24N2O4. The van der Waals surface area contributed by atoms with E-state index in [0.717, 1.165) is 24.8 Å². The summed E-state index contributed by atoms with van der Waals surface area (Å²) in [6, 6.07) is 7.61. The van der Waals surface area contributed by atoms with Crippen LogP contribution in [0.5, 0.6) is 11.5 Å². The molecule has 0 saturated carbocycles. The minimum Gasteiger partial charge on any atom is -0.493 e. The average Bonchev–Trinajstić information content (AvgIpc) is 2.67. The number of ketones is 1. The molecule has 27 heavy (non-hydrogen) atoms.